The predicted molar refractivity (Wildman–Crippen MR) is 85.1 cm³/mol. The number of H-pyrrole nitrogens is 1. The summed E-state index contributed by atoms with van der Waals surface area (Å²) < 4.78 is 6.32. The van der Waals surface area contributed by atoms with Crippen molar-refractivity contribution in [2.45, 2.75) is 44.9 Å². The van der Waals surface area contributed by atoms with Crippen molar-refractivity contribution >= 4 is 0 Å². The minimum absolute atomic E-state index is 0.174. The Kier molecular flexibility index (Phi) is 5.94. The Labute approximate surface area is 138 Å². The summed E-state index contributed by atoms with van der Waals surface area (Å²) in [6, 6.07) is 0. The van der Waals surface area contributed by atoms with Crippen LogP contribution in [0.4, 0.5) is 0 Å². The molecule has 0 aromatic carbocycles. The van der Waals surface area contributed by atoms with Gasteiger partial charge in [-0.15, -0.1) is 0 Å². The molecule has 1 aromatic heterocycles. The van der Waals surface area contributed by atoms with E-state index < -0.39 is 42.4 Å². The molecule has 0 amide bonds. The molecule has 0 bridgehead atoms. The summed E-state index contributed by atoms with van der Waals surface area (Å²) in [5.41, 5.74) is -1.05. The first-order valence-electron chi connectivity index (χ1n) is 7.72. The molecular formula is C15H23N3O6. The quantitative estimate of drug-likeness (QED) is 0.420. The largest absolute Gasteiger partial charge is 0.394 e. The number of aromatic amines is 1. The minimum Gasteiger partial charge on any atom is -0.394 e. The predicted octanol–water partition coefficient (Wildman–Crippen LogP) is -1.59. The maximum Gasteiger partial charge on any atom is 0.330 e. The van der Waals surface area contributed by atoms with E-state index in [0.29, 0.717) is 5.92 Å². The molecule has 1 aromatic rings. The number of hydrogen-bond acceptors (Lipinski definition) is 7. The Morgan fingerprint density at radius 2 is 2.08 bits per heavy atom. The molecule has 0 radical (unpaired) electrons. The van der Waals surface area contributed by atoms with E-state index in [1.165, 1.54) is 6.20 Å². The van der Waals surface area contributed by atoms with Crippen LogP contribution in [0.5, 0.6) is 0 Å². The first-order chi connectivity index (χ1) is 11.3. The first-order valence-corrected chi connectivity index (χ1v) is 7.72. The highest BCUT2D eigenvalue weighted by Crippen LogP contribution is 2.27. The molecule has 0 unspecified atom stereocenters. The molecule has 2 heterocycles. The van der Waals surface area contributed by atoms with Crippen LogP contribution in [0.15, 0.2) is 28.1 Å². The Balaban J connectivity index is 2.24. The van der Waals surface area contributed by atoms with Crippen molar-refractivity contribution in [3.63, 3.8) is 0 Å². The molecule has 1 aliphatic rings. The van der Waals surface area contributed by atoms with Crippen LogP contribution in [0.3, 0.4) is 0 Å². The van der Waals surface area contributed by atoms with Gasteiger partial charge in [0, 0.05) is 12.7 Å². The molecule has 0 spiro atoms. The monoisotopic (exact) mass is 341 g/mol. The van der Waals surface area contributed by atoms with E-state index in [0.717, 1.165) is 4.57 Å². The number of aromatic nitrogens is 2. The van der Waals surface area contributed by atoms with Crippen molar-refractivity contribution in [2.75, 3.05) is 6.61 Å². The van der Waals surface area contributed by atoms with Crippen LogP contribution in [0.2, 0.25) is 0 Å². The third-order valence-corrected chi connectivity index (χ3v) is 3.72. The van der Waals surface area contributed by atoms with E-state index in [1.807, 2.05) is 19.9 Å². The molecule has 9 nitrogen and oxygen atoms in total. The van der Waals surface area contributed by atoms with Gasteiger partial charge in [0.25, 0.3) is 5.56 Å². The number of rotatable bonds is 6. The molecule has 0 aliphatic carbocycles. The normalized spacial score (nSPS) is 27.2. The van der Waals surface area contributed by atoms with Crippen LogP contribution in [-0.2, 0) is 11.3 Å². The van der Waals surface area contributed by atoms with Crippen LogP contribution < -0.4 is 16.6 Å². The fourth-order valence-corrected chi connectivity index (χ4v) is 2.38. The van der Waals surface area contributed by atoms with Crippen molar-refractivity contribution in [3.8, 4) is 0 Å². The molecule has 5 N–H and O–H groups in total. The topological polar surface area (TPSA) is 137 Å². The number of aliphatic hydroxyl groups excluding tert-OH is 3. The number of aliphatic hydroxyl groups is 3. The fraction of sp³-hybridized carbons (Fsp3) is 0.600. The van der Waals surface area contributed by atoms with Gasteiger partial charge >= 0.3 is 5.69 Å². The zero-order chi connectivity index (χ0) is 17.9. The van der Waals surface area contributed by atoms with Gasteiger partial charge in [0.15, 0.2) is 6.23 Å². The number of nitrogens with one attached hydrogen (secondary N) is 2. The maximum absolute atomic E-state index is 12.0. The lowest BCUT2D eigenvalue weighted by molar-refractivity contribution is -0.0551. The summed E-state index contributed by atoms with van der Waals surface area (Å²) >= 11 is 0. The van der Waals surface area contributed by atoms with Gasteiger partial charge in [-0.25, -0.2) is 4.79 Å². The second-order valence-electron chi connectivity index (χ2n) is 6.03. The van der Waals surface area contributed by atoms with Crippen molar-refractivity contribution in [1.82, 2.24) is 14.9 Å². The summed E-state index contributed by atoms with van der Waals surface area (Å²) in [6.07, 6.45) is -0.00683. The molecule has 1 saturated heterocycles. The summed E-state index contributed by atoms with van der Waals surface area (Å²) in [4.78, 5) is 26.0. The number of allylic oxidation sites excluding steroid dienone is 1. The third-order valence-electron chi connectivity index (χ3n) is 3.72. The lowest BCUT2D eigenvalue weighted by atomic mass is 10.1. The Hall–Kier alpha value is -1.94. The van der Waals surface area contributed by atoms with Crippen molar-refractivity contribution in [1.29, 1.82) is 0 Å². The van der Waals surface area contributed by atoms with Crippen molar-refractivity contribution < 1.29 is 20.1 Å². The zero-order valence-electron chi connectivity index (χ0n) is 13.5. The van der Waals surface area contributed by atoms with Gasteiger partial charge in [0.2, 0.25) is 0 Å². The van der Waals surface area contributed by atoms with Gasteiger partial charge in [-0.2, -0.15) is 0 Å². The highest BCUT2D eigenvalue weighted by atomic mass is 16.6. The van der Waals surface area contributed by atoms with Crippen molar-refractivity contribution in [3.05, 3.63) is 44.9 Å². The van der Waals surface area contributed by atoms with Crippen LogP contribution in [-0.4, -0.2) is 49.8 Å². The summed E-state index contributed by atoms with van der Waals surface area (Å²) in [7, 11) is 0. The van der Waals surface area contributed by atoms with E-state index in [1.54, 1.807) is 6.20 Å². The SMILES string of the molecule is CC(C)C=CNCc1cn([C@@H]2O[C@H](CO)[C@@H](O)[C@H]2O)c(=O)[nH]c1=O. The smallest absolute Gasteiger partial charge is 0.330 e. The lowest BCUT2D eigenvalue weighted by Crippen LogP contribution is -2.39. The highest BCUT2D eigenvalue weighted by Gasteiger charge is 2.43. The van der Waals surface area contributed by atoms with Crippen LogP contribution in [0, 0.1) is 5.92 Å². The van der Waals surface area contributed by atoms with Crippen LogP contribution in [0.1, 0.15) is 25.6 Å². The second kappa shape index (κ2) is 7.75. The highest BCUT2D eigenvalue weighted by molar-refractivity contribution is 5.06. The summed E-state index contributed by atoms with van der Waals surface area (Å²) in [6.45, 7) is 3.69. The van der Waals surface area contributed by atoms with Crippen LogP contribution >= 0.6 is 0 Å². The van der Waals surface area contributed by atoms with Crippen molar-refractivity contribution in [2.24, 2.45) is 5.92 Å². The Morgan fingerprint density at radius 1 is 1.38 bits per heavy atom. The molecule has 4 atom stereocenters. The zero-order valence-corrected chi connectivity index (χ0v) is 13.5. The molecule has 9 heteroatoms. The first kappa shape index (κ1) is 18.4. The van der Waals surface area contributed by atoms with Gasteiger partial charge in [-0.3, -0.25) is 14.3 Å². The molecule has 1 aliphatic heterocycles. The second-order valence-corrected chi connectivity index (χ2v) is 6.03. The summed E-state index contributed by atoms with van der Waals surface area (Å²) in [5, 5.41) is 31.9. The fourth-order valence-electron chi connectivity index (χ4n) is 2.38. The molecular weight excluding hydrogens is 318 g/mol. The number of ether oxygens (including phenoxy) is 1. The standard InChI is InChI=1S/C15H23N3O6/c1-8(2)3-4-16-5-9-6-18(15(23)17-13(9)22)14-12(21)11(20)10(7-19)24-14/h3-4,6,8,10-12,14,16,19-21H,5,7H2,1-2H3,(H,17,22,23)/t10-,11-,12-,14-/m1/s1. The number of hydrogen-bond donors (Lipinski definition) is 5. The van der Waals surface area contributed by atoms with E-state index in [4.69, 9.17) is 9.84 Å². The lowest BCUT2D eigenvalue weighted by Gasteiger charge is -2.18. The average Bonchev–Trinajstić information content (AvgIpc) is 2.81. The van der Waals surface area contributed by atoms with E-state index >= 15 is 0 Å². The van der Waals surface area contributed by atoms with Crippen LogP contribution in [0.25, 0.3) is 0 Å². The van der Waals surface area contributed by atoms with E-state index in [2.05, 4.69) is 10.3 Å². The van der Waals surface area contributed by atoms with Gasteiger partial charge in [-0.1, -0.05) is 19.9 Å². The Morgan fingerprint density at radius 3 is 2.67 bits per heavy atom. The van der Waals surface area contributed by atoms with E-state index in [9.17, 15) is 19.8 Å². The number of nitrogens with zero attached hydrogens (tertiary/aromatic N) is 1. The summed E-state index contributed by atoms with van der Waals surface area (Å²) in [5.74, 6) is 0.351. The Bertz CT molecular complexity index is 695. The molecule has 1 fully saturated rings. The van der Waals surface area contributed by atoms with Gasteiger partial charge in [0.05, 0.1) is 12.2 Å². The molecule has 24 heavy (non-hydrogen) atoms. The molecule has 2 rings (SSSR count). The van der Waals surface area contributed by atoms with Gasteiger partial charge < -0.3 is 25.4 Å². The maximum atomic E-state index is 12.0. The molecule has 134 valence electrons. The third kappa shape index (κ3) is 3.93. The van der Waals surface area contributed by atoms with Gasteiger partial charge in [0.1, 0.15) is 18.3 Å². The average molecular weight is 341 g/mol. The minimum atomic E-state index is -1.40. The van der Waals surface area contributed by atoms with E-state index in [-0.39, 0.29) is 12.1 Å². The molecule has 0 saturated carbocycles. The van der Waals surface area contributed by atoms with Gasteiger partial charge in [-0.05, 0) is 12.1 Å².